The molecular weight excluding hydrogens is 471 g/mol. The predicted molar refractivity (Wildman–Crippen MR) is 121 cm³/mol. The maximum atomic E-state index is 14.9. The molecule has 11 heteroatoms. The number of methoxy groups -OCH3 is 1. The van der Waals surface area contributed by atoms with Gasteiger partial charge in [-0.05, 0) is 30.2 Å². The summed E-state index contributed by atoms with van der Waals surface area (Å²) in [5.41, 5.74) is -0.194. The lowest BCUT2D eigenvalue weighted by molar-refractivity contribution is 0.0978. The highest BCUT2D eigenvalue weighted by atomic mass is 32.2. The average Bonchev–Trinajstić information content (AvgIpc) is 2.78. The number of nitrogens with one attached hydrogen (secondary N) is 1. The summed E-state index contributed by atoms with van der Waals surface area (Å²) in [7, 11) is -0.392. The highest BCUT2D eigenvalue weighted by molar-refractivity contribution is 7.82. The first kappa shape index (κ1) is 25.2. The molecule has 3 rings (SSSR count). The molecule has 7 nitrogen and oxygen atoms in total. The minimum Gasteiger partial charge on any atom is -0.481 e. The van der Waals surface area contributed by atoms with E-state index in [0.29, 0.717) is 12.7 Å². The number of amides is 1. The van der Waals surface area contributed by atoms with Crippen LogP contribution in [0.4, 0.5) is 13.2 Å². The summed E-state index contributed by atoms with van der Waals surface area (Å²) in [5.74, 6) is -3.23. The van der Waals surface area contributed by atoms with Crippen LogP contribution in [0.1, 0.15) is 24.2 Å². The van der Waals surface area contributed by atoms with Crippen molar-refractivity contribution in [2.24, 2.45) is 5.92 Å². The van der Waals surface area contributed by atoms with E-state index < -0.39 is 39.9 Å². The minimum atomic E-state index is -1.75. The van der Waals surface area contributed by atoms with Crippen molar-refractivity contribution in [3.05, 3.63) is 59.7 Å². The lowest BCUT2D eigenvalue weighted by atomic mass is 10.00. The van der Waals surface area contributed by atoms with Crippen molar-refractivity contribution < 1.29 is 31.6 Å². The lowest BCUT2D eigenvalue weighted by Gasteiger charge is -2.16. The molecule has 1 unspecified atom stereocenters. The fourth-order valence-electron chi connectivity index (χ4n) is 3.06. The molecule has 0 aliphatic heterocycles. The Bertz CT molecular complexity index is 1250. The van der Waals surface area contributed by atoms with Crippen molar-refractivity contribution in [3.8, 4) is 34.0 Å². The molecule has 0 aliphatic rings. The number of aromatic nitrogens is 2. The molecule has 2 heterocycles. The second-order valence-corrected chi connectivity index (χ2v) is 8.80. The van der Waals surface area contributed by atoms with Gasteiger partial charge in [-0.3, -0.25) is 9.52 Å². The van der Waals surface area contributed by atoms with Crippen molar-refractivity contribution in [2.75, 3.05) is 20.0 Å². The van der Waals surface area contributed by atoms with Gasteiger partial charge in [-0.1, -0.05) is 13.8 Å². The molecule has 34 heavy (non-hydrogen) atoms. The number of halogens is 3. The van der Waals surface area contributed by atoms with E-state index >= 15 is 0 Å². The Balaban J connectivity index is 2.15. The van der Waals surface area contributed by atoms with E-state index in [-0.39, 0.29) is 39.9 Å². The molecule has 0 saturated carbocycles. The summed E-state index contributed by atoms with van der Waals surface area (Å²) in [4.78, 5) is 20.1. The Kier molecular flexibility index (Phi) is 7.87. The topological polar surface area (TPSA) is 90.4 Å². The summed E-state index contributed by atoms with van der Waals surface area (Å²) in [6.45, 7) is 4.17. The van der Waals surface area contributed by atoms with Crippen molar-refractivity contribution >= 4 is 16.9 Å². The van der Waals surface area contributed by atoms with Gasteiger partial charge in [0.15, 0.2) is 0 Å². The Morgan fingerprint density at radius 3 is 2.32 bits per heavy atom. The second kappa shape index (κ2) is 10.6. The summed E-state index contributed by atoms with van der Waals surface area (Å²) >= 11 is 0. The highest BCUT2D eigenvalue weighted by Crippen LogP contribution is 2.38. The number of pyridine rings is 2. The highest BCUT2D eigenvalue weighted by Gasteiger charge is 2.21. The molecule has 0 fully saturated rings. The number of hydrogen-bond acceptors (Lipinski definition) is 6. The van der Waals surface area contributed by atoms with Gasteiger partial charge in [0.05, 0.1) is 36.6 Å². The van der Waals surface area contributed by atoms with Crippen molar-refractivity contribution in [2.45, 2.75) is 13.8 Å². The molecule has 0 radical (unpaired) electrons. The Hall–Kier alpha value is -3.47. The van der Waals surface area contributed by atoms with Crippen molar-refractivity contribution in [1.29, 1.82) is 0 Å². The predicted octanol–water partition coefficient (Wildman–Crippen LogP) is 4.29. The van der Waals surface area contributed by atoms with E-state index in [2.05, 4.69) is 9.97 Å². The van der Waals surface area contributed by atoms with Crippen LogP contribution < -0.4 is 14.2 Å². The van der Waals surface area contributed by atoms with Crippen LogP contribution in [0.2, 0.25) is 0 Å². The number of ether oxygens (including phenoxy) is 2. The summed E-state index contributed by atoms with van der Waals surface area (Å²) in [6, 6.07) is 4.16. The molecule has 0 aliphatic carbocycles. The summed E-state index contributed by atoms with van der Waals surface area (Å²) in [6.07, 6.45) is 3.44. The number of rotatable bonds is 8. The quantitative estimate of drug-likeness (QED) is 0.504. The first-order valence-corrected chi connectivity index (χ1v) is 11.6. The standard InChI is InChI=1S/C23H22F3N3O4S/c1-12(2)11-33-23-16(17-6-14(24)10-28-22(17)32-3)5-13(9-27-23)15-7-20(26)18(8-19(15)25)21(30)29-34(4)31/h5-10,12H,11H2,1-4H3,(H,29,30). The second-order valence-electron chi connectivity index (χ2n) is 7.69. The molecule has 180 valence electrons. The molecule has 0 bridgehead atoms. The van der Waals surface area contributed by atoms with Gasteiger partial charge in [-0.2, -0.15) is 0 Å². The number of nitrogens with zero attached hydrogens (tertiary/aromatic N) is 2. The third kappa shape index (κ3) is 5.71. The average molecular weight is 494 g/mol. The van der Waals surface area contributed by atoms with Crippen LogP contribution in [-0.2, 0) is 11.0 Å². The Morgan fingerprint density at radius 1 is 1.00 bits per heavy atom. The molecule has 0 saturated heterocycles. The van der Waals surface area contributed by atoms with E-state index in [1.165, 1.54) is 31.7 Å². The van der Waals surface area contributed by atoms with Crippen LogP contribution in [0, 0.1) is 23.4 Å². The monoisotopic (exact) mass is 493 g/mol. The van der Waals surface area contributed by atoms with Gasteiger partial charge in [0.1, 0.15) is 28.4 Å². The minimum absolute atomic E-state index is 0.0842. The van der Waals surface area contributed by atoms with Gasteiger partial charge in [0.25, 0.3) is 5.91 Å². The van der Waals surface area contributed by atoms with E-state index in [1.54, 1.807) is 0 Å². The number of carbonyl (C=O) groups excluding carboxylic acids is 1. The number of carbonyl (C=O) groups is 1. The third-order valence-electron chi connectivity index (χ3n) is 4.55. The normalized spacial score (nSPS) is 11.9. The maximum Gasteiger partial charge on any atom is 0.266 e. The van der Waals surface area contributed by atoms with Crippen LogP contribution in [0.5, 0.6) is 11.8 Å². The van der Waals surface area contributed by atoms with Gasteiger partial charge < -0.3 is 9.47 Å². The molecule has 3 aromatic rings. The van der Waals surface area contributed by atoms with Crippen LogP contribution in [0.3, 0.4) is 0 Å². The maximum absolute atomic E-state index is 14.9. The van der Waals surface area contributed by atoms with E-state index in [4.69, 9.17) is 9.47 Å². The fourth-order valence-corrected chi connectivity index (χ4v) is 3.43. The SMILES string of the molecule is COc1ncc(F)cc1-c1cc(-c2cc(F)c(C(=O)NS(C)=O)cc2F)cnc1OCC(C)C. The molecular formula is C23H22F3N3O4S. The third-order valence-corrected chi connectivity index (χ3v) is 5.03. The molecule has 1 amide bonds. The fraction of sp³-hybridized carbons (Fsp3) is 0.261. The van der Waals surface area contributed by atoms with E-state index in [1.807, 2.05) is 18.6 Å². The van der Waals surface area contributed by atoms with Crippen LogP contribution in [0.25, 0.3) is 22.3 Å². The number of hydrogen-bond donors (Lipinski definition) is 1. The van der Waals surface area contributed by atoms with E-state index in [9.17, 15) is 22.2 Å². The Labute approximate surface area is 196 Å². The van der Waals surface area contributed by atoms with Crippen LogP contribution in [0.15, 0.2) is 36.7 Å². The first-order valence-electron chi connectivity index (χ1n) is 10.1. The van der Waals surface area contributed by atoms with Gasteiger partial charge >= 0.3 is 0 Å². The smallest absolute Gasteiger partial charge is 0.266 e. The van der Waals surface area contributed by atoms with Crippen LogP contribution >= 0.6 is 0 Å². The van der Waals surface area contributed by atoms with Crippen molar-refractivity contribution in [1.82, 2.24) is 14.7 Å². The zero-order valence-electron chi connectivity index (χ0n) is 18.8. The van der Waals surface area contributed by atoms with Gasteiger partial charge in [0.2, 0.25) is 11.8 Å². The lowest BCUT2D eigenvalue weighted by Crippen LogP contribution is -2.25. The van der Waals surface area contributed by atoms with E-state index in [0.717, 1.165) is 12.3 Å². The molecule has 2 aromatic heterocycles. The molecule has 0 spiro atoms. The number of benzene rings is 1. The summed E-state index contributed by atoms with van der Waals surface area (Å²) < 4.78 is 67.8. The van der Waals surface area contributed by atoms with Gasteiger partial charge in [-0.25, -0.2) is 27.3 Å². The van der Waals surface area contributed by atoms with Gasteiger partial charge in [0, 0.05) is 23.6 Å². The van der Waals surface area contributed by atoms with Gasteiger partial charge in [-0.15, -0.1) is 0 Å². The first-order chi connectivity index (χ1) is 16.1. The van der Waals surface area contributed by atoms with Crippen LogP contribution in [-0.4, -0.2) is 40.1 Å². The molecule has 1 atom stereocenters. The molecule has 1 aromatic carbocycles. The zero-order chi connectivity index (χ0) is 25.0. The summed E-state index contributed by atoms with van der Waals surface area (Å²) in [5, 5.41) is 0. The zero-order valence-corrected chi connectivity index (χ0v) is 19.6. The van der Waals surface area contributed by atoms with Crippen molar-refractivity contribution in [3.63, 3.8) is 0 Å². The largest absolute Gasteiger partial charge is 0.481 e. The molecule has 1 N–H and O–H groups in total. The Morgan fingerprint density at radius 2 is 1.68 bits per heavy atom.